The first-order valence-corrected chi connectivity index (χ1v) is 8.61. The highest BCUT2D eigenvalue weighted by molar-refractivity contribution is 9.10. The summed E-state index contributed by atoms with van der Waals surface area (Å²) >= 11 is 3.31. The Labute approximate surface area is 130 Å². The zero-order chi connectivity index (χ0) is 15.3. The van der Waals surface area contributed by atoms with E-state index in [4.69, 9.17) is 0 Å². The Morgan fingerprint density at radius 2 is 2.10 bits per heavy atom. The van der Waals surface area contributed by atoms with E-state index < -0.39 is 10.0 Å². The number of nitrogens with one attached hydrogen (secondary N) is 1. The summed E-state index contributed by atoms with van der Waals surface area (Å²) in [4.78, 5) is 0.282. The van der Waals surface area contributed by atoms with Crippen LogP contribution in [0.2, 0.25) is 0 Å². The molecule has 0 unspecified atom stereocenters. The molecule has 20 heavy (non-hydrogen) atoms. The molecule has 0 fully saturated rings. The smallest absolute Gasteiger partial charge is 0.244 e. The standard InChI is InChI=1S/C14H21BrN2O2S/c1-5-8-17(4)20(18,19)14-9-12(6-7-13(14)15)10-16-11(2)3/h5-7,9,11,16H,1,8,10H2,2-4H3. The maximum atomic E-state index is 12.5. The van der Waals surface area contributed by atoms with Gasteiger partial charge in [-0.2, -0.15) is 4.31 Å². The summed E-state index contributed by atoms with van der Waals surface area (Å²) in [7, 11) is -1.96. The zero-order valence-electron chi connectivity index (χ0n) is 12.1. The molecule has 4 nitrogen and oxygen atoms in total. The number of sulfonamides is 1. The van der Waals surface area contributed by atoms with Crippen molar-refractivity contribution in [1.82, 2.24) is 9.62 Å². The molecule has 0 radical (unpaired) electrons. The molecule has 0 aliphatic rings. The van der Waals surface area contributed by atoms with Crippen molar-refractivity contribution >= 4 is 26.0 Å². The van der Waals surface area contributed by atoms with Crippen molar-refractivity contribution in [2.24, 2.45) is 0 Å². The monoisotopic (exact) mass is 360 g/mol. The Hall–Kier alpha value is -0.690. The van der Waals surface area contributed by atoms with Crippen molar-refractivity contribution < 1.29 is 8.42 Å². The third kappa shape index (κ3) is 4.41. The highest BCUT2D eigenvalue weighted by Gasteiger charge is 2.22. The summed E-state index contributed by atoms with van der Waals surface area (Å²) in [5, 5.41) is 3.27. The van der Waals surface area contributed by atoms with Gasteiger partial charge in [0.05, 0.1) is 4.90 Å². The summed E-state index contributed by atoms with van der Waals surface area (Å²) in [5.41, 5.74) is 0.937. The molecule has 0 spiro atoms. The molecule has 1 aromatic rings. The lowest BCUT2D eigenvalue weighted by atomic mass is 10.2. The highest BCUT2D eigenvalue weighted by Crippen LogP contribution is 2.25. The Bertz CT molecular complexity index is 571. The molecule has 0 bridgehead atoms. The second-order valence-electron chi connectivity index (χ2n) is 4.87. The molecule has 0 aliphatic heterocycles. The van der Waals surface area contributed by atoms with E-state index in [0.29, 0.717) is 17.1 Å². The molecule has 0 saturated carbocycles. The van der Waals surface area contributed by atoms with Gasteiger partial charge < -0.3 is 5.32 Å². The van der Waals surface area contributed by atoms with E-state index in [2.05, 4.69) is 27.8 Å². The second-order valence-corrected chi connectivity index (χ2v) is 7.74. The summed E-state index contributed by atoms with van der Waals surface area (Å²) in [6, 6.07) is 5.73. The van der Waals surface area contributed by atoms with E-state index in [9.17, 15) is 8.42 Å². The van der Waals surface area contributed by atoms with Crippen molar-refractivity contribution in [3.8, 4) is 0 Å². The largest absolute Gasteiger partial charge is 0.310 e. The van der Waals surface area contributed by atoms with Crippen LogP contribution in [0, 0.1) is 0 Å². The quantitative estimate of drug-likeness (QED) is 0.760. The van der Waals surface area contributed by atoms with Crippen LogP contribution in [0.4, 0.5) is 0 Å². The number of rotatable bonds is 7. The number of halogens is 1. The first-order chi connectivity index (χ1) is 9.28. The Balaban J connectivity index is 3.10. The molecule has 112 valence electrons. The minimum Gasteiger partial charge on any atom is -0.310 e. The molecule has 0 aliphatic carbocycles. The van der Waals surface area contributed by atoms with E-state index in [1.165, 1.54) is 4.31 Å². The molecular formula is C14H21BrN2O2S. The van der Waals surface area contributed by atoms with Gasteiger partial charge in [0, 0.05) is 30.7 Å². The lowest BCUT2D eigenvalue weighted by molar-refractivity contribution is 0.498. The maximum Gasteiger partial charge on any atom is 0.244 e. The van der Waals surface area contributed by atoms with Crippen LogP contribution in [-0.4, -0.2) is 32.4 Å². The lowest BCUT2D eigenvalue weighted by Crippen LogP contribution is -2.27. The van der Waals surface area contributed by atoms with Gasteiger partial charge in [-0.3, -0.25) is 0 Å². The van der Waals surface area contributed by atoms with Crippen molar-refractivity contribution in [3.05, 3.63) is 40.9 Å². The number of benzene rings is 1. The van der Waals surface area contributed by atoms with Crippen molar-refractivity contribution in [1.29, 1.82) is 0 Å². The average molecular weight is 361 g/mol. The van der Waals surface area contributed by atoms with Gasteiger partial charge >= 0.3 is 0 Å². The van der Waals surface area contributed by atoms with Crippen molar-refractivity contribution in [2.75, 3.05) is 13.6 Å². The van der Waals surface area contributed by atoms with Crippen molar-refractivity contribution in [3.63, 3.8) is 0 Å². The Kier molecular flexibility index (Phi) is 6.39. The molecule has 0 atom stereocenters. The predicted molar refractivity (Wildman–Crippen MR) is 86.1 cm³/mol. The fourth-order valence-corrected chi connectivity index (χ4v) is 3.74. The molecule has 0 saturated heterocycles. The van der Waals surface area contributed by atoms with Gasteiger partial charge in [-0.05, 0) is 33.6 Å². The molecule has 1 aromatic carbocycles. The molecule has 0 amide bonds. The van der Waals surface area contributed by atoms with Gasteiger partial charge in [0.2, 0.25) is 10.0 Å². The van der Waals surface area contributed by atoms with E-state index in [1.54, 1.807) is 25.3 Å². The second kappa shape index (κ2) is 7.36. The van der Waals surface area contributed by atoms with E-state index >= 15 is 0 Å². The van der Waals surface area contributed by atoms with Gasteiger partial charge in [0.25, 0.3) is 0 Å². The Morgan fingerprint density at radius 3 is 2.65 bits per heavy atom. The normalized spacial score (nSPS) is 12.1. The van der Waals surface area contributed by atoms with Crippen LogP contribution in [0.5, 0.6) is 0 Å². The molecule has 1 rings (SSSR count). The van der Waals surface area contributed by atoms with Gasteiger partial charge in [-0.15, -0.1) is 6.58 Å². The number of hydrogen-bond acceptors (Lipinski definition) is 3. The topological polar surface area (TPSA) is 49.4 Å². The maximum absolute atomic E-state index is 12.5. The third-order valence-corrected chi connectivity index (χ3v) is 5.60. The van der Waals surface area contributed by atoms with Crippen LogP contribution in [-0.2, 0) is 16.6 Å². The van der Waals surface area contributed by atoms with Gasteiger partial charge in [0.1, 0.15) is 0 Å². The van der Waals surface area contributed by atoms with Crippen LogP contribution in [0.3, 0.4) is 0 Å². The van der Waals surface area contributed by atoms with Crippen LogP contribution >= 0.6 is 15.9 Å². The predicted octanol–water partition coefficient (Wildman–Crippen LogP) is 2.75. The summed E-state index contributed by atoms with van der Waals surface area (Å²) in [5.74, 6) is 0. The van der Waals surface area contributed by atoms with Gasteiger partial charge in [0.15, 0.2) is 0 Å². The van der Waals surface area contributed by atoms with Crippen LogP contribution in [0.15, 0.2) is 40.2 Å². The minimum atomic E-state index is -3.51. The molecule has 0 aromatic heterocycles. The van der Waals surface area contributed by atoms with E-state index in [1.807, 2.05) is 19.9 Å². The van der Waals surface area contributed by atoms with Gasteiger partial charge in [-0.1, -0.05) is 26.0 Å². The molecular weight excluding hydrogens is 340 g/mol. The first-order valence-electron chi connectivity index (χ1n) is 6.38. The molecule has 6 heteroatoms. The van der Waals surface area contributed by atoms with Crippen LogP contribution in [0.25, 0.3) is 0 Å². The minimum absolute atomic E-state index is 0.281. The zero-order valence-corrected chi connectivity index (χ0v) is 14.5. The summed E-state index contributed by atoms with van der Waals surface area (Å²) in [6.45, 7) is 8.59. The fraction of sp³-hybridized carbons (Fsp3) is 0.429. The summed E-state index contributed by atoms with van der Waals surface area (Å²) < 4.78 is 26.8. The third-order valence-electron chi connectivity index (χ3n) is 2.78. The Morgan fingerprint density at radius 1 is 1.45 bits per heavy atom. The number of likely N-dealkylation sites (N-methyl/N-ethyl adjacent to an activating group) is 1. The summed E-state index contributed by atoms with van der Waals surface area (Å²) in [6.07, 6.45) is 1.57. The highest BCUT2D eigenvalue weighted by atomic mass is 79.9. The number of nitrogens with zero attached hydrogens (tertiary/aromatic N) is 1. The van der Waals surface area contributed by atoms with Gasteiger partial charge in [-0.25, -0.2) is 8.42 Å². The molecule has 0 heterocycles. The van der Waals surface area contributed by atoms with Crippen LogP contribution < -0.4 is 5.32 Å². The fourth-order valence-electron chi connectivity index (χ4n) is 1.63. The number of hydrogen-bond donors (Lipinski definition) is 1. The first kappa shape index (κ1) is 17.4. The van der Waals surface area contributed by atoms with Crippen molar-refractivity contribution in [2.45, 2.75) is 31.3 Å². The average Bonchev–Trinajstić information content (AvgIpc) is 2.37. The molecule has 1 N–H and O–H groups in total. The van der Waals surface area contributed by atoms with E-state index in [-0.39, 0.29) is 11.4 Å². The van der Waals surface area contributed by atoms with Crippen LogP contribution in [0.1, 0.15) is 19.4 Å². The SMILES string of the molecule is C=CCN(C)S(=O)(=O)c1cc(CNC(C)C)ccc1Br. The lowest BCUT2D eigenvalue weighted by Gasteiger charge is -2.17. The van der Waals surface area contributed by atoms with E-state index in [0.717, 1.165) is 5.56 Å².